The van der Waals surface area contributed by atoms with Crippen LogP contribution in [0.15, 0.2) is 11.6 Å². The topological polar surface area (TPSA) is 481 Å². The van der Waals surface area contributed by atoms with Gasteiger partial charge in [0.05, 0.1) is 56.1 Å². The Morgan fingerprint density at radius 2 is 1.10 bits per heavy atom. The molecule has 0 aromatic rings. The summed E-state index contributed by atoms with van der Waals surface area (Å²) < 4.78 is 84.5. The van der Waals surface area contributed by atoms with E-state index in [1.807, 2.05) is 0 Å². The third-order valence-corrected chi connectivity index (χ3v) is 25.2. The van der Waals surface area contributed by atoms with Crippen molar-refractivity contribution >= 4 is 24.2 Å². The minimum atomic E-state index is -2.02. The number of aliphatic hydroxyl groups excluding tert-OH is 14. The van der Waals surface area contributed by atoms with E-state index in [1.54, 1.807) is 6.92 Å². The lowest BCUT2D eigenvalue weighted by Gasteiger charge is -2.71. The van der Waals surface area contributed by atoms with E-state index in [9.17, 15) is 85.9 Å². The molecule has 0 amide bonds. The number of carbonyl (C=O) groups excluding carboxylic acids is 4. The van der Waals surface area contributed by atoms with Crippen LogP contribution < -0.4 is 0 Å². The summed E-state index contributed by atoms with van der Waals surface area (Å²) in [4.78, 5) is 56.2. The SMILES string of the molecule is COC(=O)[C@@H]1O[C@H](O[C@@H]2CC[C@@]3(C)[C@H]4CC=C5[C@H]6CC(C)(C)CC[C@@]6(C(=O)O[C@H]6O[C@@H](C)[C@@H](OC(C)=O)[C@H](O[C@@H]7OC[C@H](O)[C@@H](O)[C@@H]7O)[C@H]6O[C@H]6O[C@H](C)[C@@H](O[C@H]7OC[C@H](O)[C@H](O)[C@H]7O)[C@@H](O)[C@H]6O)CC[C@]5(C)[C@@]4(C)CC[C@H]3[C@]2(C)C=O)[C@H](O[C@H]2O[C@@H](CO)[C@@H](O)[C@H](O)[C@H]2O)[C@@H](O)[C@H]1O. The molecule has 0 bridgehead atoms. The number of hydrogen-bond acceptors (Lipinski definition) is 32. The Hall–Kier alpha value is -3.18. The monoisotopic (exact) mass is 1420 g/mol. The molecule has 11 aliphatic rings. The molecule has 32 nitrogen and oxygen atoms in total. The van der Waals surface area contributed by atoms with Gasteiger partial charge in [0, 0.05) is 6.92 Å². The van der Waals surface area contributed by atoms with Crippen molar-refractivity contribution in [3.8, 4) is 0 Å². The van der Waals surface area contributed by atoms with Crippen LogP contribution in [0.1, 0.15) is 127 Å². The molecule has 0 radical (unpaired) electrons. The predicted octanol–water partition coefficient (Wildman–Crippen LogP) is -3.12. The lowest BCUT2D eigenvalue weighted by Crippen LogP contribution is -2.68. The number of rotatable bonds is 16. The molecule has 99 heavy (non-hydrogen) atoms. The second-order valence-corrected chi connectivity index (χ2v) is 31.4. The smallest absolute Gasteiger partial charge is 0.337 e. The van der Waals surface area contributed by atoms with Gasteiger partial charge in [0.2, 0.25) is 6.29 Å². The van der Waals surface area contributed by atoms with Crippen LogP contribution in [0.5, 0.6) is 0 Å². The highest BCUT2D eigenvalue weighted by Crippen LogP contribution is 2.76. The average molecular weight is 1420 g/mol. The molecular formula is C67H104O32. The van der Waals surface area contributed by atoms with Crippen molar-refractivity contribution < 1.29 is 157 Å². The van der Waals surface area contributed by atoms with Crippen molar-refractivity contribution in [1.82, 2.24) is 0 Å². The van der Waals surface area contributed by atoms with Gasteiger partial charge in [-0.3, -0.25) is 9.59 Å². The highest BCUT2D eigenvalue weighted by molar-refractivity contribution is 5.79. The van der Waals surface area contributed by atoms with Crippen molar-refractivity contribution in [2.24, 2.45) is 50.2 Å². The first-order valence-electron chi connectivity index (χ1n) is 34.7. The number of ether oxygens (including phenoxy) is 14. The Kier molecular flexibility index (Phi) is 22.5. The third kappa shape index (κ3) is 13.4. The summed E-state index contributed by atoms with van der Waals surface area (Å²) >= 11 is 0. The number of allylic oxidation sites excluding steroid dienone is 2. The van der Waals surface area contributed by atoms with Crippen molar-refractivity contribution in [1.29, 1.82) is 0 Å². The average Bonchev–Trinajstić information content (AvgIpc) is 0.675. The van der Waals surface area contributed by atoms with Crippen molar-refractivity contribution in [3.05, 3.63) is 11.6 Å². The molecule has 4 saturated carbocycles. The van der Waals surface area contributed by atoms with Gasteiger partial charge in [0.25, 0.3) is 0 Å². The van der Waals surface area contributed by atoms with Crippen LogP contribution in [0.3, 0.4) is 0 Å². The van der Waals surface area contributed by atoms with E-state index in [2.05, 4.69) is 40.7 Å². The van der Waals surface area contributed by atoms with E-state index < -0.39 is 249 Å². The second kappa shape index (κ2) is 28.9. The largest absolute Gasteiger partial charge is 0.467 e. The number of esters is 3. The molecule has 0 spiro atoms. The molecule has 0 unspecified atom stereocenters. The second-order valence-electron chi connectivity index (χ2n) is 31.4. The minimum Gasteiger partial charge on any atom is -0.467 e. The maximum atomic E-state index is 16.1. The number of carbonyl (C=O) groups is 4. The zero-order valence-electron chi connectivity index (χ0n) is 57.4. The maximum absolute atomic E-state index is 16.1. The van der Waals surface area contributed by atoms with Crippen LogP contribution in [-0.2, 0) is 85.5 Å². The lowest BCUT2D eigenvalue weighted by molar-refractivity contribution is -0.388. The molecule has 0 aromatic heterocycles. The summed E-state index contributed by atoms with van der Waals surface area (Å²) in [6, 6.07) is 0. The summed E-state index contributed by atoms with van der Waals surface area (Å²) in [5.74, 6) is -3.42. The molecule has 6 aliphatic heterocycles. The van der Waals surface area contributed by atoms with Crippen LogP contribution in [0.4, 0.5) is 0 Å². The van der Waals surface area contributed by atoms with Crippen molar-refractivity contribution in [3.63, 3.8) is 0 Å². The van der Waals surface area contributed by atoms with E-state index in [4.69, 9.17) is 66.3 Å². The summed E-state index contributed by atoms with van der Waals surface area (Å²) in [5, 5.41) is 152. The van der Waals surface area contributed by atoms with Crippen LogP contribution in [-0.4, -0.2) is 301 Å². The van der Waals surface area contributed by atoms with Gasteiger partial charge in [-0.1, -0.05) is 53.2 Å². The number of methoxy groups -OCH3 is 1. The fourth-order valence-electron chi connectivity index (χ4n) is 19.1. The minimum absolute atomic E-state index is 0.0645. The third-order valence-electron chi connectivity index (χ3n) is 25.2. The van der Waals surface area contributed by atoms with Gasteiger partial charge in [-0.2, -0.15) is 0 Å². The summed E-state index contributed by atoms with van der Waals surface area (Å²) in [7, 11) is 1.05. The molecule has 14 N–H and O–H groups in total. The Morgan fingerprint density at radius 1 is 0.545 bits per heavy atom. The first-order valence-corrected chi connectivity index (χ1v) is 34.7. The van der Waals surface area contributed by atoms with Gasteiger partial charge in [0.15, 0.2) is 49.8 Å². The van der Waals surface area contributed by atoms with Crippen molar-refractivity contribution in [2.45, 2.75) is 305 Å². The Morgan fingerprint density at radius 3 is 1.72 bits per heavy atom. The Bertz CT molecular complexity index is 2900. The molecule has 6 saturated heterocycles. The molecule has 32 heteroatoms. The first-order chi connectivity index (χ1) is 46.5. The van der Waals surface area contributed by atoms with Gasteiger partial charge in [-0.05, 0) is 117 Å². The molecule has 5 aliphatic carbocycles. The van der Waals surface area contributed by atoms with Gasteiger partial charge >= 0.3 is 17.9 Å². The van der Waals surface area contributed by atoms with Crippen LogP contribution >= 0.6 is 0 Å². The van der Waals surface area contributed by atoms with E-state index in [-0.39, 0.29) is 23.7 Å². The number of fused-ring (bicyclic) bond motifs is 7. The van der Waals surface area contributed by atoms with Gasteiger partial charge in [-0.25, -0.2) is 4.79 Å². The zero-order chi connectivity index (χ0) is 72.3. The zero-order valence-corrected chi connectivity index (χ0v) is 57.4. The van der Waals surface area contributed by atoms with Crippen LogP contribution in [0, 0.1) is 50.2 Å². The summed E-state index contributed by atoms with van der Waals surface area (Å²) in [6.45, 7) is 15.1. The molecule has 11 rings (SSSR count). The maximum Gasteiger partial charge on any atom is 0.337 e. The van der Waals surface area contributed by atoms with E-state index in [0.717, 1.165) is 25.9 Å². The molecule has 10 fully saturated rings. The Labute approximate surface area is 572 Å². The fraction of sp³-hybridized carbons (Fsp3) is 0.910. The van der Waals surface area contributed by atoms with Gasteiger partial charge in [0.1, 0.15) is 110 Å². The summed E-state index contributed by atoms with van der Waals surface area (Å²) in [5.41, 5.74) is -3.30. The fourth-order valence-corrected chi connectivity index (χ4v) is 19.1. The highest BCUT2D eigenvalue weighted by atomic mass is 16.8. The molecule has 564 valence electrons. The Balaban J connectivity index is 0.879. The molecular weight excluding hydrogens is 1320 g/mol. The lowest BCUT2D eigenvalue weighted by atomic mass is 9.33. The molecule has 0 aromatic carbocycles. The summed E-state index contributed by atoms with van der Waals surface area (Å²) in [6.07, 6.45) is -41.1. The molecule has 6 heterocycles. The van der Waals surface area contributed by atoms with Crippen LogP contribution in [0.25, 0.3) is 0 Å². The van der Waals surface area contributed by atoms with Crippen molar-refractivity contribution in [2.75, 3.05) is 26.9 Å². The van der Waals surface area contributed by atoms with E-state index >= 15 is 4.79 Å². The highest BCUT2D eigenvalue weighted by Gasteiger charge is 2.71. The van der Waals surface area contributed by atoms with Gasteiger partial charge < -0.3 is 143 Å². The van der Waals surface area contributed by atoms with E-state index in [0.29, 0.717) is 57.8 Å². The number of aliphatic hydroxyl groups is 14. The van der Waals surface area contributed by atoms with Crippen LogP contribution in [0.2, 0.25) is 0 Å². The van der Waals surface area contributed by atoms with E-state index in [1.165, 1.54) is 13.8 Å². The predicted molar refractivity (Wildman–Crippen MR) is 328 cm³/mol. The standard InChI is InChI=1S/C67H104O32/c1-26-48(94-55-44(80)37(73)31(71)23-87-55)43(79)47(83)57(89-26)98-53-52(97-56-45(81)38(74)32(72)24-88-56)49(91-28(3)70)27(2)90-60(53)99-61(85)67-19-17-62(4,5)21-30(67)29-11-12-35-63(6)15-14-36(64(7,25-69)34(63)13-16-66(35,9)65(29,8)18-20-67)93-59-51(42(78)41(77)50(95-59)54(84)86-10)96-58-46(82)40(76)39(75)33(22-68)92-58/h11,25-27,30-53,55-60,68,71-83H,12-24H2,1-10H3/t26-,27+,30-,31+,32+,33+,34-,35-,36-,37+,38-,39-,40+,41-,42+,43+,44-,45+,46-,47-,48-,49-,50-,51-,52+,53-,55-,56+,57-,58-,59+,60-,63-,64+,65+,66+,67-/m1/s1. The normalized spacial score (nSPS) is 52.9. The molecule has 37 atom stereocenters. The first kappa shape index (κ1) is 76.9. The quantitative estimate of drug-likeness (QED) is 0.0239. The number of aldehydes is 1. The van der Waals surface area contributed by atoms with Gasteiger partial charge in [-0.15, -0.1) is 0 Å². The number of hydrogen-bond donors (Lipinski definition) is 14.